The number of thioether (sulfide) groups is 1. The first kappa shape index (κ1) is 26.7. The average molecular weight is 501 g/mol. The molecule has 9 heteroatoms. The molecule has 1 aliphatic rings. The zero-order valence-electron chi connectivity index (χ0n) is 20.8. The minimum Gasteiger partial charge on any atom is -0.460 e. The van der Waals surface area contributed by atoms with Crippen LogP contribution < -0.4 is 4.90 Å². The first-order valence-corrected chi connectivity index (χ1v) is 12.3. The topological polar surface area (TPSA) is 85.4 Å². The molecular weight excluding hydrogens is 468 g/mol. The standard InChI is InChI=1S/C26H32N2O6S/c1-17-6-8-19(9-7-17)24-23(34-18(2)29)25(30)28(13-12-27(3)4)21-16-20(10-11-22(21)35-24)26(31)33-15-14-32-5/h6-11,16,23-24H,12-15H2,1-5H3/t23-,24+/m1/s1. The number of hydrogen-bond acceptors (Lipinski definition) is 8. The van der Waals surface area contributed by atoms with E-state index in [0.717, 1.165) is 16.0 Å². The Morgan fingerprint density at radius 2 is 1.80 bits per heavy atom. The molecule has 0 aliphatic carbocycles. The van der Waals surface area contributed by atoms with Gasteiger partial charge >= 0.3 is 11.9 Å². The SMILES string of the molecule is COCCOC(=O)c1ccc2c(c1)N(CCN(C)C)C(=O)[C@H](OC(C)=O)[C@H](c1ccc(C)cc1)S2. The summed E-state index contributed by atoms with van der Waals surface area (Å²) in [5.41, 5.74) is 2.90. The van der Waals surface area contributed by atoms with E-state index in [1.54, 1.807) is 17.0 Å². The molecule has 0 aromatic heterocycles. The summed E-state index contributed by atoms with van der Waals surface area (Å²) in [4.78, 5) is 42.9. The van der Waals surface area contributed by atoms with Crippen LogP contribution in [-0.4, -0.2) is 76.4 Å². The number of methoxy groups -OCH3 is 1. The second kappa shape index (κ2) is 12.2. The van der Waals surface area contributed by atoms with E-state index < -0.39 is 23.3 Å². The first-order valence-electron chi connectivity index (χ1n) is 11.4. The van der Waals surface area contributed by atoms with Gasteiger partial charge in [0, 0.05) is 32.0 Å². The lowest BCUT2D eigenvalue weighted by atomic mass is 10.0. The van der Waals surface area contributed by atoms with E-state index in [9.17, 15) is 14.4 Å². The van der Waals surface area contributed by atoms with Gasteiger partial charge in [0.25, 0.3) is 5.91 Å². The van der Waals surface area contributed by atoms with Crippen LogP contribution in [0.3, 0.4) is 0 Å². The monoisotopic (exact) mass is 500 g/mol. The first-order chi connectivity index (χ1) is 16.7. The van der Waals surface area contributed by atoms with E-state index in [-0.39, 0.29) is 12.5 Å². The second-order valence-corrected chi connectivity index (χ2v) is 9.77. The summed E-state index contributed by atoms with van der Waals surface area (Å²) >= 11 is 1.45. The van der Waals surface area contributed by atoms with E-state index in [2.05, 4.69) is 0 Å². The molecule has 0 fully saturated rings. The largest absolute Gasteiger partial charge is 0.460 e. The van der Waals surface area contributed by atoms with Gasteiger partial charge in [-0.3, -0.25) is 9.59 Å². The van der Waals surface area contributed by atoms with Crippen molar-refractivity contribution in [1.29, 1.82) is 0 Å². The molecule has 1 aliphatic heterocycles. The Morgan fingerprint density at radius 1 is 1.09 bits per heavy atom. The van der Waals surface area contributed by atoms with Crippen LogP contribution in [0.1, 0.15) is 33.7 Å². The third-order valence-electron chi connectivity index (χ3n) is 5.51. The number of nitrogens with zero attached hydrogens (tertiary/aromatic N) is 2. The number of ether oxygens (including phenoxy) is 3. The Morgan fingerprint density at radius 3 is 2.43 bits per heavy atom. The fourth-order valence-corrected chi connectivity index (χ4v) is 4.98. The van der Waals surface area contributed by atoms with Gasteiger partial charge in [-0.15, -0.1) is 11.8 Å². The van der Waals surface area contributed by atoms with Crippen LogP contribution in [0.2, 0.25) is 0 Å². The van der Waals surface area contributed by atoms with Crippen molar-refractivity contribution in [3.8, 4) is 0 Å². The molecule has 0 bridgehead atoms. The number of aryl methyl sites for hydroxylation is 1. The maximum Gasteiger partial charge on any atom is 0.338 e. The summed E-state index contributed by atoms with van der Waals surface area (Å²) in [6.07, 6.45) is -1.02. The average Bonchev–Trinajstić information content (AvgIpc) is 2.92. The van der Waals surface area contributed by atoms with Crippen molar-refractivity contribution >= 4 is 35.3 Å². The van der Waals surface area contributed by atoms with Crippen LogP contribution in [0.5, 0.6) is 0 Å². The van der Waals surface area contributed by atoms with Crippen molar-refractivity contribution in [2.45, 2.75) is 30.1 Å². The van der Waals surface area contributed by atoms with Gasteiger partial charge in [0.2, 0.25) is 0 Å². The number of benzene rings is 2. The number of anilines is 1. The number of carbonyl (C=O) groups is 3. The lowest BCUT2D eigenvalue weighted by molar-refractivity contribution is -0.152. The van der Waals surface area contributed by atoms with E-state index in [1.165, 1.54) is 25.8 Å². The van der Waals surface area contributed by atoms with Crippen LogP contribution in [0.4, 0.5) is 5.69 Å². The van der Waals surface area contributed by atoms with Crippen molar-refractivity contribution < 1.29 is 28.6 Å². The van der Waals surface area contributed by atoms with Crippen LogP contribution in [0.15, 0.2) is 47.4 Å². The highest BCUT2D eigenvalue weighted by molar-refractivity contribution is 7.99. The molecule has 0 unspecified atom stereocenters. The van der Waals surface area contributed by atoms with Gasteiger partial charge in [-0.2, -0.15) is 0 Å². The van der Waals surface area contributed by atoms with E-state index >= 15 is 0 Å². The van der Waals surface area contributed by atoms with Crippen LogP contribution in [0, 0.1) is 6.92 Å². The molecule has 0 saturated carbocycles. The highest BCUT2D eigenvalue weighted by atomic mass is 32.2. The summed E-state index contributed by atoms with van der Waals surface area (Å²) in [5.74, 6) is -1.35. The van der Waals surface area contributed by atoms with Crippen LogP contribution in [0.25, 0.3) is 0 Å². The minimum atomic E-state index is -1.02. The highest BCUT2D eigenvalue weighted by Crippen LogP contribution is 2.47. The molecule has 2 aromatic carbocycles. The molecule has 8 nitrogen and oxygen atoms in total. The van der Waals surface area contributed by atoms with Crippen molar-refractivity contribution in [3.63, 3.8) is 0 Å². The molecule has 1 heterocycles. The summed E-state index contributed by atoms with van der Waals surface area (Å²) in [7, 11) is 5.37. The number of carbonyl (C=O) groups excluding carboxylic acids is 3. The summed E-state index contributed by atoms with van der Waals surface area (Å²) in [5, 5.41) is -0.449. The smallest absolute Gasteiger partial charge is 0.338 e. The fraction of sp³-hybridized carbons (Fsp3) is 0.423. The molecule has 2 atom stereocenters. The normalized spacial score (nSPS) is 17.7. The van der Waals surface area contributed by atoms with Gasteiger partial charge in [0.15, 0.2) is 6.10 Å². The van der Waals surface area contributed by atoms with Gasteiger partial charge < -0.3 is 24.0 Å². The summed E-state index contributed by atoms with van der Waals surface area (Å²) in [6.45, 7) is 4.67. The quantitative estimate of drug-likeness (QED) is 0.382. The van der Waals surface area contributed by atoms with Crippen molar-refractivity contribution in [2.24, 2.45) is 0 Å². The Hall–Kier alpha value is -2.88. The lowest BCUT2D eigenvalue weighted by Crippen LogP contribution is -2.45. The van der Waals surface area contributed by atoms with Gasteiger partial charge in [0.05, 0.1) is 23.1 Å². The van der Waals surface area contributed by atoms with Crippen molar-refractivity contribution in [2.75, 3.05) is 52.4 Å². The highest BCUT2D eigenvalue weighted by Gasteiger charge is 2.41. The van der Waals surface area contributed by atoms with Gasteiger partial charge in [-0.25, -0.2) is 4.79 Å². The molecule has 1 amide bonds. The number of likely N-dealkylation sites (N-methyl/N-ethyl adjacent to an activating group) is 1. The van der Waals surface area contributed by atoms with Crippen molar-refractivity contribution in [1.82, 2.24) is 4.90 Å². The summed E-state index contributed by atoms with van der Waals surface area (Å²) in [6, 6.07) is 13.0. The maximum atomic E-state index is 13.9. The minimum absolute atomic E-state index is 0.133. The molecule has 2 aromatic rings. The fourth-order valence-electron chi connectivity index (χ4n) is 3.68. The van der Waals surface area contributed by atoms with E-state index in [1.807, 2.05) is 56.3 Å². The number of amides is 1. The van der Waals surface area contributed by atoms with Crippen LogP contribution in [-0.2, 0) is 23.8 Å². The molecule has 0 N–H and O–H groups in total. The van der Waals surface area contributed by atoms with Gasteiger partial charge in [-0.05, 0) is 44.8 Å². The van der Waals surface area contributed by atoms with Crippen LogP contribution >= 0.6 is 11.8 Å². The molecule has 35 heavy (non-hydrogen) atoms. The predicted molar refractivity (Wildman–Crippen MR) is 135 cm³/mol. The number of rotatable bonds is 9. The third kappa shape index (κ3) is 6.84. The Balaban J connectivity index is 2.07. The van der Waals surface area contributed by atoms with E-state index in [0.29, 0.717) is 30.9 Å². The molecule has 0 saturated heterocycles. The third-order valence-corrected chi connectivity index (χ3v) is 6.89. The Bertz CT molecular complexity index is 1060. The molecule has 0 radical (unpaired) electrons. The molecule has 0 spiro atoms. The Kier molecular flexibility index (Phi) is 9.31. The van der Waals surface area contributed by atoms with Crippen molar-refractivity contribution in [3.05, 3.63) is 59.2 Å². The lowest BCUT2D eigenvalue weighted by Gasteiger charge is -2.28. The zero-order chi connectivity index (χ0) is 25.5. The number of fused-ring (bicyclic) bond motifs is 1. The maximum absolute atomic E-state index is 13.9. The van der Waals surface area contributed by atoms with Gasteiger partial charge in [0.1, 0.15) is 6.61 Å². The van der Waals surface area contributed by atoms with E-state index in [4.69, 9.17) is 14.2 Å². The second-order valence-electron chi connectivity index (χ2n) is 8.58. The molecular formula is C26H32N2O6S. The van der Waals surface area contributed by atoms with Gasteiger partial charge in [-0.1, -0.05) is 29.8 Å². The number of esters is 2. The molecule has 188 valence electrons. The zero-order valence-corrected chi connectivity index (χ0v) is 21.6. The predicted octanol–water partition coefficient (Wildman–Crippen LogP) is 3.47. The number of hydrogen-bond donors (Lipinski definition) is 0. The Labute approximate surface area is 210 Å². The summed E-state index contributed by atoms with van der Waals surface area (Å²) < 4.78 is 15.8. The molecule has 3 rings (SSSR count).